The fourth-order valence-electron chi connectivity index (χ4n) is 4.72. The third-order valence-corrected chi connectivity index (χ3v) is 7.31. The lowest BCUT2D eigenvalue weighted by atomic mass is 10.0. The van der Waals surface area contributed by atoms with Crippen LogP contribution in [0.25, 0.3) is 6.08 Å². The maximum atomic E-state index is 13.5. The van der Waals surface area contributed by atoms with Gasteiger partial charge in [0.1, 0.15) is 6.04 Å². The average Bonchev–Trinajstić information content (AvgIpc) is 2.98. The van der Waals surface area contributed by atoms with Crippen LogP contribution in [0, 0.1) is 0 Å². The van der Waals surface area contributed by atoms with Crippen molar-refractivity contribution in [1.82, 2.24) is 10.2 Å². The van der Waals surface area contributed by atoms with E-state index in [1.54, 1.807) is 18.2 Å². The van der Waals surface area contributed by atoms with Gasteiger partial charge in [-0.1, -0.05) is 62.4 Å². The van der Waals surface area contributed by atoms with Gasteiger partial charge in [-0.2, -0.15) is 0 Å². The molecule has 0 radical (unpaired) electrons. The number of amides is 2. The Morgan fingerprint density at radius 3 is 2.22 bits per heavy atom. The molecule has 3 aromatic rings. The van der Waals surface area contributed by atoms with Crippen LogP contribution in [0.15, 0.2) is 78.9 Å². The van der Waals surface area contributed by atoms with Crippen molar-refractivity contribution in [2.75, 3.05) is 49.2 Å². The number of nitrogen functional groups attached to an aromatic ring is 1. The average molecular weight is 556 g/mol. The molecule has 1 saturated heterocycles. The van der Waals surface area contributed by atoms with E-state index in [2.05, 4.69) is 41.6 Å². The van der Waals surface area contributed by atoms with Gasteiger partial charge in [-0.15, -0.1) is 0 Å². The van der Waals surface area contributed by atoms with Crippen LogP contribution < -0.4 is 21.7 Å². The van der Waals surface area contributed by atoms with Crippen LogP contribution >= 0.6 is 0 Å². The zero-order valence-electron chi connectivity index (χ0n) is 24.1. The molecule has 0 saturated carbocycles. The molecule has 0 aliphatic carbocycles. The topological polar surface area (TPSA) is 109 Å². The third kappa shape index (κ3) is 8.75. The van der Waals surface area contributed by atoms with E-state index in [0.29, 0.717) is 23.8 Å². The SMILES string of the molecule is CC(C)c1ccc(NC(=O)C(NCC(C)N2CCOCC2)c2ccc(/C=C/C(=O)Nc3ccccc3N)cc2)cc1. The van der Waals surface area contributed by atoms with Crippen molar-refractivity contribution < 1.29 is 14.3 Å². The maximum absolute atomic E-state index is 13.5. The van der Waals surface area contributed by atoms with Crippen molar-refractivity contribution in [3.8, 4) is 0 Å². The molecule has 3 aromatic carbocycles. The molecule has 8 heteroatoms. The Bertz CT molecular complexity index is 1320. The lowest BCUT2D eigenvalue weighted by Crippen LogP contribution is -2.48. The van der Waals surface area contributed by atoms with Crippen molar-refractivity contribution in [1.29, 1.82) is 0 Å². The number of nitrogens with two attached hydrogens (primary N) is 1. The number of nitrogens with zero attached hydrogens (tertiary/aromatic N) is 1. The molecule has 4 rings (SSSR count). The number of rotatable bonds is 11. The number of carbonyl (C=O) groups excluding carboxylic acids is 2. The first-order chi connectivity index (χ1) is 19.8. The molecule has 2 atom stereocenters. The van der Waals surface area contributed by atoms with Crippen LogP contribution in [0.3, 0.4) is 0 Å². The van der Waals surface area contributed by atoms with Gasteiger partial charge in [0.05, 0.1) is 24.6 Å². The third-order valence-electron chi connectivity index (χ3n) is 7.31. The number of carbonyl (C=O) groups is 2. The summed E-state index contributed by atoms with van der Waals surface area (Å²) in [7, 11) is 0. The van der Waals surface area contributed by atoms with Crippen LogP contribution in [0.5, 0.6) is 0 Å². The van der Waals surface area contributed by atoms with E-state index >= 15 is 0 Å². The number of para-hydroxylation sites is 2. The molecule has 0 bridgehead atoms. The molecular formula is C33H41N5O3. The van der Waals surface area contributed by atoms with Gasteiger partial charge in [-0.25, -0.2) is 0 Å². The van der Waals surface area contributed by atoms with Gasteiger partial charge in [-0.05, 0) is 59.9 Å². The predicted molar refractivity (Wildman–Crippen MR) is 167 cm³/mol. The minimum absolute atomic E-state index is 0.125. The first-order valence-corrected chi connectivity index (χ1v) is 14.2. The Labute approximate surface area is 243 Å². The summed E-state index contributed by atoms with van der Waals surface area (Å²) in [6.07, 6.45) is 3.20. The van der Waals surface area contributed by atoms with E-state index in [-0.39, 0.29) is 17.9 Å². The van der Waals surface area contributed by atoms with Gasteiger partial charge >= 0.3 is 0 Å². The van der Waals surface area contributed by atoms with Crippen molar-refractivity contribution in [3.63, 3.8) is 0 Å². The van der Waals surface area contributed by atoms with Crippen molar-refractivity contribution in [2.45, 2.75) is 38.8 Å². The highest BCUT2D eigenvalue weighted by Crippen LogP contribution is 2.21. The summed E-state index contributed by atoms with van der Waals surface area (Å²) in [5, 5.41) is 9.36. The minimum atomic E-state index is -0.550. The van der Waals surface area contributed by atoms with Crippen molar-refractivity contribution in [3.05, 3.63) is 95.6 Å². The zero-order valence-corrected chi connectivity index (χ0v) is 24.1. The summed E-state index contributed by atoms with van der Waals surface area (Å²) < 4.78 is 5.49. The van der Waals surface area contributed by atoms with Gasteiger partial charge in [0.2, 0.25) is 11.8 Å². The molecule has 1 heterocycles. The molecule has 1 aliphatic rings. The second kappa shape index (κ2) is 14.6. The molecule has 2 amide bonds. The van der Waals surface area contributed by atoms with E-state index in [0.717, 1.165) is 43.1 Å². The largest absolute Gasteiger partial charge is 0.397 e. The standard InChI is InChI=1S/C33H41N5O3/c1-23(2)26-13-15-28(16-14-26)36-33(40)32(35-22-24(3)38-18-20-41-21-19-38)27-11-8-25(9-12-27)10-17-31(39)37-30-7-5-4-6-29(30)34/h4-17,23-24,32,35H,18-22,34H2,1-3H3,(H,36,40)(H,37,39)/b17-10+. The first-order valence-electron chi connectivity index (χ1n) is 14.2. The monoisotopic (exact) mass is 555 g/mol. The number of morpholine rings is 1. The molecule has 2 unspecified atom stereocenters. The number of hydrogen-bond acceptors (Lipinski definition) is 6. The molecule has 41 heavy (non-hydrogen) atoms. The number of hydrogen-bond donors (Lipinski definition) is 4. The van der Waals surface area contributed by atoms with E-state index < -0.39 is 6.04 Å². The van der Waals surface area contributed by atoms with Crippen LogP contribution in [0.4, 0.5) is 17.1 Å². The van der Waals surface area contributed by atoms with E-state index in [9.17, 15) is 9.59 Å². The first kappa shape index (κ1) is 30.0. The number of nitrogens with one attached hydrogen (secondary N) is 3. The highest BCUT2D eigenvalue weighted by molar-refractivity contribution is 6.03. The van der Waals surface area contributed by atoms with Crippen LogP contribution in [0.1, 0.15) is 49.4 Å². The Kier molecular flexibility index (Phi) is 10.7. The summed E-state index contributed by atoms with van der Waals surface area (Å²) in [5.74, 6) is 0.0250. The minimum Gasteiger partial charge on any atom is -0.397 e. The van der Waals surface area contributed by atoms with E-state index in [4.69, 9.17) is 10.5 Å². The molecule has 5 N–H and O–H groups in total. The molecule has 1 aliphatic heterocycles. The molecule has 1 fully saturated rings. The number of benzene rings is 3. The Balaban J connectivity index is 1.45. The number of ether oxygens (including phenoxy) is 1. The molecule has 8 nitrogen and oxygen atoms in total. The highest BCUT2D eigenvalue weighted by Gasteiger charge is 2.23. The molecule has 216 valence electrons. The van der Waals surface area contributed by atoms with Crippen LogP contribution in [0.2, 0.25) is 0 Å². The molecule has 0 spiro atoms. The Hall–Kier alpha value is -3.98. The summed E-state index contributed by atoms with van der Waals surface area (Å²) in [4.78, 5) is 28.3. The highest BCUT2D eigenvalue weighted by atomic mass is 16.5. The van der Waals surface area contributed by atoms with Crippen molar-refractivity contribution >= 4 is 35.0 Å². The maximum Gasteiger partial charge on any atom is 0.248 e. The molecular weight excluding hydrogens is 514 g/mol. The summed E-state index contributed by atoms with van der Waals surface area (Å²) in [6, 6.07) is 22.5. The molecule has 0 aromatic heterocycles. The second-order valence-electron chi connectivity index (χ2n) is 10.7. The van der Waals surface area contributed by atoms with Gasteiger partial charge in [0.15, 0.2) is 0 Å². The lowest BCUT2D eigenvalue weighted by Gasteiger charge is -2.33. The van der Waals surface area contributed by atoms with Gasteiger partial charge in [-0.3, -0.25) is 14.5 Å². The summed E-state index contributed by atoms with van der Waals surface area (Å²) >= 11 is 0. The predicted octanol–water partition coefficient (Wildman–Crippen LogP) is 5.03. The van der Waals surface area contributed by atoms with E-state index in [1.807, 2.05) is 60.7 Å². The number of anilines is 3. The zero-order chi connectivity index (χ0) is 29.2. The smallest absolute Gasteiger partial charge is 0.248 e. The van der Waals surface area contributed by atoms with Gasteiger partial charge < -0.3 is 26.4 Å². The lowest BCUT2D eigenvalue weighted by molar-refractivity contribution is -0.118. The normalized spacial score (nSPS) is 15.5. The van der Waals surface area contributed by atoms with Gasteiger partial charge in [0, 0.05) is 37.4 Å². The van der Waals surface area contributed by atoms with Crippen LogP contribution in [-0.2, 0) is 14.3 Å². The Morgan fingerprint density at radius 2 is 1.56 bits per heavy atom. The fraction of sp³-hybridized carbons (Fsp3) is 0.333. The van der Waals surface area contributed by atoms with Crippen molar-refractivity contribution in [2.24, 2.45) is 0 Å². The second-order valence-corrected chi connectivity index (χ2v) is 10.7. The van der Waals surface area contributed by atoms with Crippen LogP contribution in [-0.4, -0.2) is 55.6 Å². The summed E-state index contributed by atoms with van der Waals surface area (Å²) in [6.45, 7) is 10.3. The van der Waals surface area contributed by atoms with Gasteiger partial charge in [0.25, 0.3) is 0 Å². The van der Waals surface area contributed by atoms with E-state index in [1.165, 1.54) is 11.6 Å². The Morgan fingerprint density at radius 1 is 0.902 bits per heavy atom. The fourth-order valence-corrected chi connectivity index (χ4v) is 4.72. The summed E-state index contributed by atoms with van der Waals surface area (Å²) in [5.41, 5.74) is 10.7. The quantitative estimate of drug-likeness (QED) is 0.195.